The van der Waals surface area contributed by atoms with E-state index in [1.54, 1.807) is 29.2 Å². The standard InChI is InChI=1S/C19H22N4O4S/c1-12(2)15-11-23(19(20)21-15)28(25,26)14-5-6-16-13(10-14)7-8-22(16)18(24)17-4-3-9-27-17/h3-6,9-10,12,15H,7-8,11H2,1-2H3,(H2,20,21)/t15-/m1/s1. The Morgan fingerprint density at radius 3 is 2.75 bits per heavy atom. The van der Waals surface area contributed by atoms with Crippen molar-refractivity contribution in [3.05, 3.63) is 47.9 Å². The van der Waals surface area contributed by atoms with E-state index in [2.05, 4.69) is 4.99 Å². The molecule has 9 heteroatoms. The molecule has 0 bridgehead atoms. The number of amides is 1. The van der Waals surface area contributed by atoms with E-state index < -0.39 is 10.0 Å². The van der Waals surface area contributed by atoms with Crippen LogP contribution in [0.15, 0.2) is 50.9 Å². The molecular formula is C19H22N4O4S. The highest BCUT2D eigenvalue weighted by molar-refractivity contribution is 7.89. The highest BCUT2D eigenvalue weighted by Crippen LogP contribution is 2.33. The SMILES string of the molecule is CC(C)[C@H]1CN(S(=O)(=O)c2ccc3c(c2)CCN3C(=O)c2ccco2)C(N)=N1. The first-order chi connectivity index (χ1) is 13.3. The van der Waals surface area contributed by atoms with E-state index in [0.29, 0.717) is 18.7 Å². The predicted molar refractivity (Wildman–Crippen MR) is 105 cm³/mol. The third-order valence-corrected chi connectivity index (χ3v) is 6.95. The topological polar surface area (TPSA) is 109 Å². The van der Waals surface area contributed by atoms with Crippen LogP contribution in [0.1, 0.15) is 30.0 Å². The van der Waals surface area contributed by atoms with Crippen molar-refractivity contribution in [1.29, 1.82) is 0 Å². The van der Waals surface area contributed by atoms with Crippen molar-refractivity contribution >= 4 is 27.6 Å². The lowest BCUT2D eigenvalue weighted by Gasteiger charge is -2.20. The van der Waals surface area contributed by atoms with Crippen LogP contribution in [-0.4, -0.2) is 43.7 Å². The minimum atomic E-state index is -3.80. The van der Waals surface area contributed by atoms with Gasteiger partial charge in [-0.3, -0.25) is 4.79 Å². The number of nitrogens with zero attached hydrogens (tertiary/aromatic N) is 3. The number of guanidine groups is 1. The van der Waals surface area contributed by atoms with Gasteiger partial charge in [0, 0.05) is 12.2 Å². The smallest absolute Gasteiger partial charge is 0.293 e. The molecule has 0 fully saturated rings. The Balaban J connectivity index is 1.62. The van der Waals surface area contributed by atoms with Gasteiger partial charge in [-0.15, -0.1) is 0 Å². The second-order valence-corrected chi connectivity index (χ2v) is 9.17. The van der Waals surface area contributed by atoms with Gasteiger partial charge in [-0.2, -0.15) is 0 Å². The molecule has 0 radical (unpaired) electrons. The van der Waals surface area contributed by atoms with Crippen LogP contribution in [0, 0.1) is 5.92 Å². The summed E-state index contributed by atoms with van der Waals surface area (Å²) >= 11 is 0. The molecule has 1 aromatic heterocycles. The monoisotopic (exact) mass is 402 g/mol. The number of nitrogens with two attached hydrogens (primary N) is 1. The molecule has 0 saturated carbocycles. The van der Waals surface area contributed by atoms with Crippen molar-refractivity contribution in [3.63, 3.8) is 0 Å². The summed E-state index contributed by atoms with van der Waals surface area (Å²) in [4.78, 5) is 18.6. The molecule has 1 amide bonds. The first kappa shape index (κ1) is 18.5. The van der Waals surface area contributed by atoms with Gasteiger partial charge in [0.1, 0.15) is 0 Å². The molecule has 1 aromatic carbocycles. The average molecular weight is 402 g/mol. The molecule has 0 unspecified atom stereocenters. The largest absolute Gasteiger partial charge is 0.459 e. The third-order valence-electron chi connectivity index (χ3n) is 5.19. The van der Waals surface area contributed by atoms with E-state index >= 15 is 0 Å². The Morgan fingerprint density at radius 1 is 1.32 bits per heavy atom. The molecule has 28 heavy (non-hydrogen) atoms. The van der Waals surface area contributed by atoms with Crippen molar-refractivity contribution in [2.24, 2.45) is 16.6 Å². The second kappa shape index (κ2) is 6.66. The number of benzene rings is 1. The molecule has 0 aliphatic carbocycles. The Morgan fingerprint density at radius 2 is 2.11 bits per heavy atom. The number of furan rings is 1. The molecular weight excluding hydrogens is 380 g/mol. The molecule has 1 atom stereocenters. The number of anilines is 1. The van der Waals surface area contributed by atoms with Crippen LogP contribution in [0.25, 0.3) is 0 Å². The molecule has 2 aromatic rings. The lowest BCUT2D eigenvalue weighted by molar-refractivity contribution is 0.0963. The number of rotatable bonds is 4. The maximum absolute atomic E-state index is 13.1. The highest BCUT2D eigenvalue weighted by atomic mass is 32.2. The zero-order chi connectivity index (χ0) is 20.1. The fourth-order valence-corrected chi connectivity index (χ4v) is 4.96. The molecule has 4 rings (SSSR count). The van der Waals surface area contributed by atoms with Gasteiger partial charge < -0.3 is 15.1 Å². The molecule has 0 spiro atoms. The lowest BCUT2D eigenvalue weighted by atomic mass is 10.1. The van der Waals surface area contributed by atoms with Crippen molar-refractivity contribution < 1.29 is 17.6 Å². The van der Waals surface area contributed by atoms with Crippen molar-refractivity contribution in [1.82, 2.24) is 4.31 Å². The first-order valence-electron chi connectivity index (χ1n) is 9.13. The summed E-state index contributed by atoms with van der Waals surface area (Å²) in [5.41, 5.74) is 7.39. The van der Waals surface area contributed by atoms with E-state index in [-0.39, 0.29) is 41.0 Å². The minimum absolute atomic E-state index is 0.0221. The zero-order valence-electron chi connectivity index (χ0n) is 15.7. The molecule has 3 heterocycles. The summed E-state index contributed by atoms with van der Waals surface area (Å²) in [5, 5.41) is 0. The zero-order valence-corrected chi connectivity index (χ0v) is 16.5. The number of sulfonamides is 1. The van der Waals surface area contributed by atoms with Gasteiger partial charge in [-0.1, -0.05) is 13.8 Å². The number of fused-ring (bicyclic) bond motifs is 1. The lowest BCUT2D eigenvalue weighted by Crippen LogP contribution is -2.40. The number of hydrogen-bond acceptors (Lipinski definition) is 6. The van der Waals surface area contributed by atoms with Crippen LogP contribution in [0.4, 0.5) is 5.69 Å². The quantitative estimate of drug-likeness (QED) is 0.839. The highest BCUT2D eigenvalue weighted by Gasteiger charge is 2.36. The van der Waals surface area contributed by atoms with Gasteiger partial charge in [0.25, 0.3) is 15.9 Å². The Bertz CT molecular complexity index is 1040. The van der Waals surface area contributed by atoms with Crippen LogP contribution >= 0.6 is 0 Å². The van der Waals surface area contributed by atoms with E-state index in [4.69, 9.17) is 10.2 Å². The van der Waals surface area contributed by atoms with Crippen molar-refractivity contribution in [2.75, 3.05) is 18.0 Å². The van der Waals surface area contributed by atoms with Crippen LogP contribution in [0.3, 0.4) is 0 Å². The van der Waals surface area contributed by atoms with Gasteiger partial charge in [0.05, 0.1) is 23.7 Å². The predicted octanol–water partition coefficient (Wildman–Crippen LogP) is 1.83. The molecule has 2 N–H and O–H groups in total. The van der Waals surface area contributed by atoms with E-state index in [1.807, 2.05) is 13.8 Å². The normalized spacial score (nSPS) is 19.2. The molecule has 148 valence electrons. The third kappa shape index (κ3) is 2.95. The van der Waals surface area contributed by atoms with Crippen LogP contribution < -0.4 is 10.6 Å². The molecule has 2 aliphatic rings. The van der Waals surface area contributed by atoms with Crippen molar-refractivity contribution in [2.45, 2.75) is 31.2 Å². The Kier molecular flexibility index (Phi) is 4.41. The van der Waals surface area contributed by atoms with Crippen LogP contribution in [0.2, 0.25) is 0 Å². The molecule has 0 saturated heterocycles. The second-order valence-electron chi connectivity index (χ2n) is 7.31. The van der Waals surface area contributed by atoms with Crippen LogP contribution in [0.5, 0.6) is 0 Å². The number of carbonyl (C=O) groups excluding carboxylic acids is 1. The summed E-state index contributed by atoms with van der Waals surface area (Å²) in [6.45, 7) is 4.68. The fraction of sp³-hybridized carbons (Fsp3) is 0.368. The average Bonchev–Trinajstić information content (AvgIpc) is 3.39. The van der Waals surface area contributed by atoms with E-state index in [0.717, 1.165) is 5.56 Å². The number of carbonyl (C=O) groups is 1. The number of aliphatic imine (C=N–C) groups is 1. The summed E-state index contributed by atoms with van der Waals surface area (Å²) in [6, 6.07) is 7.92. The first-order valence-corrected chi connectivity index (χ1v) is 10.6. The summed E-state index contributed by atoms with van der Waals surface area (Å²) in [7, 11) is -3.80. The van der Waals surface area contributed by atoms with E-state index in [9.17, 15) is 13.2 Å². The van der Waals surface area contributed by atoms with Crippen LogP contribution in [-0.2, 0) is 16.4 Å². The van der Waals surface area contributed by atoms with Gasteiger partial charge in [0.15, 0.2) is 5.76 Å². The molecule has 8 nitrogen and oxygen atoms in total. The summed E-state index contributed by atoms with van der Waals surface area (Å²) in [5.74, 6) is 0.231. The summed E-state index contributed by atoms with van der Waals surface area (Å²) < 4.78 is 32.5. The van der Waals surface area contributed by atoms with E-state index in [1.165, 1.54) is 16.6 Å². The maximum Gasteiger partial charge on any atom is 0.293 e. The van der Waals surface area contributed by atoms with Gasteiger partial charge in [-0.05, 0) is 48.2 Å². The van der Waals surface area contributed by atoms with Crippen molar-refractivity contribution in [3.8, 4) is 0 Å². The maximum atomic E-state index is 13.1. The van der Waals surface area contributed by atoms with Gasteiger partial charge in [0.2, 0.25) is 5.96 Å². The molecule has 2 aliphatic heterocycles. The number of hydrogen-bond donors (Lipinski definition) is 1. The fourth-order valence-electron chi connectivity index (χ4n) is 3.53. The summed E-state index contributed by atoms with van der Waals surface area (Å²) in [6.07, 6.45) is 2.02. The Hall–Kier alpha value is -2.81. The van der Waals surface area contributed by atoms with Gasteiger partial charge in [-0.25, -0.2) is 17.7 Å². The Labute approximate surface area is 163 Å². The minimum Gasteiger partial charge on any atom is -0.459 e. The van der Waals surface area contributed by atoms with Gasteiger partial charge >= 0.3 is 0 Å².